The van der Waals surface area contributed by atoms with Crippen LogP contribution in [0.1, 0.15) is 20.3 Å². The van der Waals surface area contributed by atoms with Crippen LogP contribution in [0.15, 0.2) is 24.5 Å². The van der Waals surface area contributed by atoms with Gasteiger partial charge in [-0.15, -0.1) is 0 Å². The minimum absolute atomic E-state index is 0.0880. The smallest absolute Gasteiger partial charge is 0.323 e. The maximum absolute atomic E-state index is 11.1. The molecular formula is C12H20N2O2. The van der Waals surface area contributed by atoms with Crippen LogP contribution in [0.25, 0.3) is 0 Å². The van der Waals surface area contributed by atoms with Gasteiger partial charge in [0.05, 0.1) is 7.11 Å². The first kappa shape index (κ1) is 12.8. The Morgan fingerprint density at radius 1 is 1.31 bits per heavy atom. The number of ether oxygens (including phenoxy) is 1. The zero-order valence-electron chi connectivity index (χ0n) is 10.1. The van der Waals surface area contributed by atoms with Crippen LogP contribution in [0, 0.1) is 5.92 Å². The second-order valence-corrected chi connectivity index (χ2v) is 4.17. The molecule has 1 aliphatic rings. The Balaban J connectivity index is 0.000000212. The van der Waals surface area contributed by atoms with E-state index >= 15 is 0 Å². The molecule has 0 radical (unpaired) electrons. The van der Waals surface area contributed by atoms with Crippen molar-refractivity contribution in [3.05, 3.63) is 24.5 Å². The van der Waals surface area contributed by atoms with Gasteiger partial charge in [-0.3, -0.25) is 4.79 Å². The van der Waals surface area contributed by atoms with Crippen molar-refractivity contribution in [2.45, 2.75) is 32.4 Å². The Hall–Kier alpha value is -1.29. The number of aromatic amines is 1. The van der Waals surface area contributed by atoms with E-state index in [-0.39, 0.29) is 12.0 Å². The zero-order valence-corrected chi connectivity index (χ0v) is 10.1. The molecule has 0 spiro atoms. The molecular weight excluding hydrogens is 204 g/mol. The quantitative estimate of drug-likeness (QED) is 0.712. The highest BCUT2D eigenvalue weighted by Crippen LogP contribution is 2.19. The standard InChI is InChI=1S/C8H15NO2.C4H5N/c1-5-4-6(2)9-7(5)8(10)11-3;1-2-4-5-3-1/h5-7,9H,4H2,1-3H3;1-5H. The summed E-state index contributed by atoms with van der Waals surface area (Å²) in [6.45, 7) is 4.15. The summed E-state index contributed by atoms with van der Waals surface area (Å²) in [5.74, 6) is 0.263. The predicted molar refractivity (Wildman–Crippen MR) is 63.0 cm³/mol. The van der Waals surface area contributed by atoms with Crippen LogP contribution in [-0.4, -0.2) is 30.1 Å². The average molecular weight is 224 g/mol. The van der Waals surface area contributed by atoms with E-state index in [1.54, 1.807) is 0 Å². The van der Waals surface area contributed by atoms with E-state index in [4.69, 9.17) is 0 Å². The Labute approximate surface area is 96.4 Å². The molecule has 1 aromatic rings. The summed E-state index contributed by atoms with van der Waals surface area (Å²) in [5, 5.41) is 3.18. The number of H-pyrrole nitrogens is 1. The van der Waals surface area contributed by atoms with E-state index in [0.29, 0.717) is 12.0 Å². The molecule has 3 atom stereocenters. The largest absolute Gasteiger partial charge is 0.468 e. The lowest BCUT2D eigenvalue weighted by atomic mass is 10.0. The summed E-state index contributed by atoms with van der Waals surface area (Å²) >= 11 is 0. The molecule has 0 aromatic carbocycles. The first-order valence-electron chi connectivity index (χ1n) is 5.56. The second kappa shape index (κ2) is 6.33. The molecule has 4 nitrogen and oxygen atoms in total. The zero-order chi connectivity index (χ0) is 12.0. The third-order valence-corrected chi connectivity index (χ3v) is 2.71. The predicted octanol–water partition coefficient (Wildman–Crippen LogP) is 1.56. The fourth-order valence-corrected chi connectivity index (χ4v) is 1.94. The Morgan fingerprint density at radius 3 is 2.25 bits per heavy atom. The molecule has 1 aliphatic heterocycles. The number of carbonyl (C=O) groups excluding carboxylic acids is 1. The van der Waals surface area contributed by atoms with E-state index in [0.717, 1.165) is 6.42 Å². The van der Waals surface area contributed by atoms with Crippen molar-refractivity contribution in [2.24, 2.45) is 5.92 Å². The van der Waals surface area contributed by atoms with Gasteiger partial charge >= 0.3 is 5.97 Å². The molecule has 2 N–H and O–H groups in total. The van der Waals surface area contributed by atoms with Gasteiger partial charge in [0.15, 0.2) is 0 Å². The van der Waals surface area contributed by atoms with Crippen LogP contribution in [0.5, 0.6) is 0 Å². The number of hydrogen-bond donors (Lipinski definition) is 2. The summed E-state index contributed by atoms with van der Waals surface area (Å²) in [6, 6.07) is 4.24. The van der Waals surface area contributed by atoms with Gasteiger partial charge in [-0.05, 0) is 31.4 Å². The van der Waals surface area contributed by atoms with Crippen molar-refractivity contribution in [1.82, 2.24) is 10.3 Å². The molecule has 1 aromatic heterocycles. The van der Waals surface area contributed by atoms with Gasteiger partial charge in [-0.1, -0.05) is 6.92 Å². The van der Waals surface area contributed by atoms with Crippen LogP contribution in [0.2, 0.25) is 0 Å². The van der Waals surface area contributed by atoms with E-state index in [1.807, 2.05) is 24.5 Å². The lowest BCUT2D eigenvalue weighted by Crippen LogP contribution is -2.37. The molecule has 0 bridgehead atoms. The van der Waals surface area contributed by atoms with Crippen LogP contribution in [0.3, 0.4) is 0 Å². The van der Waals surface area contributed by atoms with Crippen molar-refractivity contribution >= 4 is 5.97 Å². The van der Waals surface area contributed by atoms with Crippen LogP contribution < -0.4 is 5.32 Å². The van der Waals surface area contributed by atoms with Gasteiger partial charge in [-0.2, -0.15) is 0 Å². The van der Waals surface area contributed by atoms with Gasteiger partial charge in [0.25, 0.3) is 0 Å². The summed E-state index contributed by atoms with van der Waals surface area (Å²) in [4.78, 5) is 13.9. The van der Waals surface area contributed by atoms with Gasteiger partial charge in [0, 0.05) is 18.4 Å². The maximum atomic E-state index is 11.1. The van der Waals surface area contributed by atoms with Crippen molar-refractivity contribution < 1.29 is 9.53 Å². The maximum Gasteiger partial charge on any atom is 0.323 e. The third kappa shape index (κ3) is 3.70. The van der Waals surface area contributed by atoms with Crippen LogP contribution in [0.4, 0.5) is 0 Å². The van der Waals surface area contributed by atoms with Crippen molar-refractivity contribution in [1.29, 1.82) is 0 Å². The first-order chi connectivity index (χ1) is 7.65. The van der Waals surface area contributed by atoms with Crippen molar-refractivity contribution in [2.75, 3.05) is 7.11 Å². The third-order valence-electron chi connectivity index (χ3n) is 2.71. The highest BCUT2D eigenvalue weighted by Gasteiger charge is 2.33. The molecule has 16 heavy (non-hydrogen) atoms. The fourth-order valence-electron chi connectivity index (χ4n) is 1.94. The SMILES string of the molecule is COC(=O)C1NC(C)CC1C.c1cc[nH]c1. The van der Waals surface area contributed by atoms with E-state index in [2.05, 4.69) is 28.9 Å². The molecule has 0 amide bonds. The Morgan fingerprint density at radius 2 is 1.94 bits per heavy atom. The molecule has 3 unspecified atom stereocenters. The number of aromatic nitrogens is 1. The number of nitrogens with one attached hydrogen (secondary N) is 2. The minimum atomic E-state index is -0.137. The van der Waals surface area contributed by atoms with Crippen molar-refractivity contribution in [3.63, 3.8) is 0 Å². The van der Waals surface area contributed by atoms with Crippen molar-refractivity contribution in [3.8, 4) is 0 Å². The lowest BCUT2D eigenvalue weighted by molar-refractivity contribution is -0.143. The lowest BCUT2D eigenvalue weighted by Gasteiger charge is -2.11. The van der Waals surface area contributed by atoms with E-state index < -0.39 is 0 Å². The van der Waals surface area contributed by atoms with Gasteiger partial charge < -0.3 is 15.0 Å². The number of rotatable bonds is 1. The topological polar surface area (TPSA) is 54.1 Å². The van der Waals surface area contributed by atoms with Gasteiger partial charge in [0.1, 0.15) is 6.04 Å². The second-order valence-electron chi connectivity index (χ2n) is 4.17. The summed E-state index contributed by atoms with van der Waals surface area (Å²) in [7, 11) is 1.43. The van der Waals surface area contributed by atoms with Crippen LogP contribution >= 0.6 is 0 Å². The molecule has 1 saturated heterocycles. The summed E-state index contributed by atoms with van der Waals surface area (Å²) in [5.41, 5.74) is 0. The van der Waals surface area contributed by atoms with Crippen LogP contribution in [-0.2, 0) is 9.53 Å². The molecule has 1 fully saturated rings. The first-order valence-corrected chi connectivity index (χ1v) is 5.56. The summed E-state index contributed by atoms with van der Waals surface area (Å²) in [6.07, 6.45) is 4.81. The van der Waals surface area contributed by atoms with E-state index in [9.17, 15) is 4.79 Å². The van der Waals surface area contributed by atoms with Gasteiger partial charge in [0.2, 0.25) is 0 Å². The fraction of sp³-hybridized carbons (Fsp3) is 0.583. The van der Waals surface area contributed by atoms with Gasteiger partial charge in [-0.25, -0.2) is 0 Å². The molecule has 4 heteroatoms. The summed E-state index contributed by atoms with van der Waals surface area (Å²) < 4.78 is 4.65. The normalized spacial score (nSPS) is 28.1. The molecule has 0 saturated carbocycles. The Bertz CT molecular complexity index is 281. The molecule has 90 valence electrons. The molecule has 2 heterocycles. The number of methoxy groups -OCH3 is 1. The number of carbonyl (C=O) groups is 1. The average Bonchev–Trinajstić information content (AvgIpc) is 2.90. The highest BCUT2D eigenvalue weighted by atomic mass is 16.5. The van der Waals surface area contributed by atoms with E-state index in [1.165, 1.54) is 7.11 Å². The number of hydrogen-bond acceptors (Lipinski definition) is 3. The highest BCUT2D eigenvalue weighted by molar-refractivity contribution is 5.76. The monoisotopic (exact) mass is 224 g/mol. The molecule has 2 rings (SSSR count). The number of esters is 1. The minimum Gasteiger partial charge on any atom is -0.468 e. The Kier molecular flexibility index (Phi) is 5.05. The molecule has 0 aliphatic carbocycles.